The van der Waals surface area contributed by atoms with Crippen LogP contribution < -0.4 is 10.2 Å². The minimum atomic E-state index is 0.373. The molecule has 0 amide bonds. The van der Waals surface area contributed by atoms with E-state index < -0.39 is 0 Å². The van der Waals surface area contributed by atoms with Crippen LogP contribution in [0.1, 0.15) is 12.8 Å². The van der Waals surface area contributed by atoms with Crippen LogP contribution >= 0.6 is 23.2 Å². The maximum Gasteiger partial charge on any atom is 0.162 e. The van der Waals surface area contributed by atoms with Crippen molar-refractivity contribution in [1.82, 2.24) is 15.3 Å². The lowest BCUT2D eigenvalue weighted by Crippen LogP contribution is -2.41. The van der Waals surface area contributed by atoms with Gasteiger partial charge in [-0.25, -0.2) is 9.97 Å². The average Bonchev–Trinajstić information content (AvgIpc) is 2.47. The smallest absolute Gasteiger partial charge is 0.162 e. The highest BCUT2D eigenvalue weighted by Crippen LogP contribution is 2.28. The largest absolute Gasteiger partial charge is 0.370 e. The zero-order valence-electron chi connectivity index (χ0n) is 11.2. The third-order valence-corrected chi connectivity index (χ3v) is 4.34. The lowest BCUT2D eigenvalue weighted by Gasteiger charge is -2.33. The molecule has 1 saturated heterocycles. The van der Waals surface area contributed by atoms with Gasteiger partial charge in [0.15, 0.2) is 5.65 Å². The standard InChI is InChI=1S/C14H16Cl2N4/c1-17-9-2-4-20(5-3-9)10-6-11-12(15)7-13(16)19-14(11)18-8-10/h6-9,17H,2-5H2,1H3. The van der Waals surface area contributed by atoms with E-state index in [1.54, 1.807) is 6.07 Å². The van der Waals surface area contributed by atoms with Gasteiger partial charge in [-0.3, -0.25) is 0 Å². The van der Waals surface area contributed by atoms with Gasteiger partial charge in [-0.15, -0.1) is 0 Å². The second kappa shape index (κ2) is 5.72. The van der Waals surface area contributed by atoms with Crippen molar-refractivity contribution >= 4 is 39.9 Å². The minimum Gasteiger partial charge on any atom is -0.370 e. The molecule has 0 unspecified atom stereocenters. The Bertz CT molecular complexity index is 624. The van der Waals surface area contributed by atoms with E-state index in [-0.39, 0.29) is 0 Å². The van der Waals surface area contributed by atoms with Gasteiger partial charge in [0.1, 0.15) is 5.15 Å². The van der Waals surface area contributed by atoms with Crippen LogP contribution in [0.4, 0.5) is 5.69 Å². The molecule has 3 heterocycles. The molecular formula is C14H16Cl2N4. The summed E-state index contributed by atoms with van der Waals surface area (Å²) >= 11 is 12.1. The minimum absolute atomic E-state index is 0.373. The fraction of sp³-hybridized carbons (Fsp3) is 0.429. The van der Waals surface area contributed by atoms with Gasteiger partial charge >= 0.3 is 0 Å². The fourth-order valence-corrected chi connectivity index (χ4v) is 3.11. The van der Waals surface area contributed by atoms with E-state index in [2.05, 4.69) is 20.2 Å². The third kappa shape index (κ3) is 2.68. The molecule has 1 fully saturated rings. The van der Waals surface area contributed by atoms with Crippen LogP contribution in [0, 0.1) is 0 Å². The van der Waals surface area contributed by atoms with Crippen molar-refractivity contribution in [2.45, 2.75) is 18.9 Å². The first-order valence-corrected chi connectivity index (χ1v) is 7.47. The van der Waals surface area contributed by atoms with Crippen molar-refractivity contribution in [3.05, 3.63) is 28.5 Å². The number of halogens is 2. The number of anilines is 1. The van der Waals surface area contributed by atoms with Gasteiger partial charge < -0.3 is 10.2 Å². The lowest BCUT2D eigenvalue weighted by molar-refractivity contribution is 0.442. The van der Waals surface area contributed by atoms with Crippen LogP contribution in [-0.2, 0) is 0 Å². The maximum absolute atomic E-state index is 6.23. The summed E-state index contributed by atoms with van der Waals surface area (Å²) in [7, 11) is 2.02. The van der Waals surface area contributed by atoms with Gasteiger partial charge in [-0.05, 0) is 32.0 Å². The van der Waals surface area contributed by atoms with Crippen LogP contribution in [0.15, 0.2) is 18.3 Å². The van der Waals surface area contributed by atoms with E-state index in [1.165, 1.54) is 0 Å². The fourth-order valence-electron chi connectivity index (χ4n) is 2.63. The lowest BCUT2D eigenvalue weighted by atomic mass is 10.0. The summed E-state index contributed by atoms with van der Waals surface area (Å²) in [5.74, 6) is 0. The molecule has 1 aliphatic rings. The number of piperidine rings is 1. The quantitative estimate of drug-likeness (QED) is 0.865. The van der Waals surface area contributed by atoms with E-state index in [9.17, 15) is 0 Å². The number of pyridine rings is 2. The Labute approximate surface area is 128 Å². The summed E-state index contributed by atoms with van der Waals surface area (Å²) in [6, 6.07) is 4.32. The average molecular weight is 311 g/mol. The Morgan fingerprint density at radius 1 is 1.25 bits per heavy atom. The van der Waals surface area contributed by atoms with E-state index in [0.717, 1.165) is 37.0 Å². The number of aromatic nitrogens is 2. The molecule has 4 nitrogen and oxygen atoms in total. The predicted octanol–water partition coefficient (Wildman–Crippen LogP) is 3.12. The molecule has 6 heteroatoms. The first-order valence-electron chi connectivity index (χ1n) is 6.71. The summed E-state index contributed by atoms with van der Waals surface area (Å²) in [6.45, 7) is 2.05. The van der Waals surface area contributed by atoms with Crippen molar-refractivity contribution in [1.29, 1.82) is 0 Å². The monoisotopic (exact) mass is 310 g/mol. The molecule has 0 radical (unpaired) electrons. The molecule has 0 atom stereocenters. The van der Waals surface area contributed by atoms with Crippen molar-refractivity contribution < 1.29 is 0 Å². The van der Waals surface area contributed by atoms with Crippen molar-refractivity contribution in [3.8, 4) is 0 Å². The molecule has 3 rings (SSSR count). The summed E-state index contributed by atoms with van der Waals surface area (Å²) in [6.07, 6.45) is 4.13. The summed E-state index contributed by atoms with van der Waals surface area (Å²) in [5, 5.41) is 5.15. The van der Waals surface area contributed by atoms with Crippen LogP contribution in [0.2, 0.25) is 10.2 Å². The number of hydrogen-bond acceptors (Lipinski definition) is 4. The zero-order chi connectivity index (χ0) is 14.1. The van der Waals surface area contributed by atoms with E-state index in [0.29, 0.717) is 21.9 Å². The highest BCUT2D eigenvalue weighted by Gasteiger charge is 2.18. The first-order chi connectivity index (χ1) is 9.67. The molecule has 0 spiro atoms. The zero-order valence-corrected chi connectivity index (χ0v) is 12.7. The predicted molar refractivity (Wildman–Crippen MR) is 83.9 cm³/mol. The van der Waals surface area contributed by atoms with Crippen LogP contribution in [0.3, 0.4) is 0 Å². The highest BCUT2D eigenvalue weighted by atomic mass is 35.5. The second-order valence-electron chi connectivity index (χ2n) is 5.04. The normalized spacial score (nSPS) is 16.9. The number of hydrogen-bond donors (Lipinski definition) is 1. The van der Waals surface area contributed by atoms with Crippen LogP contribution in [0.25, 0.3) is 11.0 Å². The van der Waals surface area contributed by atoms with E-state index >= 15 is 0 Å². The summed E-state index contributed by atoms with van der Waals surface area (Å²) < 4.78 is 0. The Balaban J connectivity index is 1.90. The molecular weight excluding hydrogens is 295 g/mol. The Hall–Kier alpha value is -1.10. The summed E-state index contributed by atoms with van der Waals surface area (Å²) in [4.78, 5) is 10.9. The topological polar surface area (TPSA) is 41.0 Å². The van der Waals surface area contributed by atoms with Gasteiger partial charge in [-0.1, -0.05) is 23.2 Å². The molecule has 0 aliphatic carbocycles. The molecule has 20 heavy (non-hydrogen) atoms. The van der Waals surface area contributed by atoms with Crippen molar-refractivity contribution in [3.63, 3.8) is 0 Å². The molecule has 0 aromatic carbocycles. The summed E-state index contributed by atoms with van der Waals surface area (Å²) in [5.41, 5.74) is 1.69. The van der Waals surface area contributed by atoms with Crippen LogP contribution in [-0.4, -0.2) is 36.1 Å². The van der Waals surface area contributed by atoms with Gasteiger partial charge in [0, 0.05) is 24.5 Å². The Kier molecular flexibility index (Phi) is 3.96. The number of nitrogens with zero attached hydrogens (tertiary/aromatic N) is 3. The van der Waals surface area contributed by atoms with Gasteiger partial charge in [0.05, 0.1) is 16.9 Å². The van der Waals surface area contributed by atoms with Gasteiger partial charge in [0.25, 0.3) is 0 Å². The van der Waals surface area contributed by atoms with Gasteiger partial charge in [0.2, 0.25) is 0 Å². The Morgan fingerprint density at radius 3 is 2.70 bits per heavy atom. The maximum atomic E-state index is 6.23. The highest BCUT2D eigenvalue weighted by molar-refractivity contribution is 6.37. The SMILES string of the molecule is CNC1CCN(c2cnc3nc(Cl)cc(Cl)c3c2)CC1. The molecule has 106 valence electrons. The molecule has 1 aliphatic heterocycles. The van der Waals surface area contributed by atoms with Crippen molar-refractivity contribution in [2.24, 2.45) is 0 Å². The molecule has 2 aromatic heterocycles. The molecule has 0 bridgehead atoms. The molecule has 0 saturated carbocycles. The third-order valence-electron chi connectivity index (χ3n) is 3.84. The number of rotatable bonds is 2. The van der Waals surface area contributed by atoms with E-state index in [1.807, 2.05) is 19.3 Å². The molecule has 2 aromatic rings. The number of nitrogens with one attached hydrogen (secondary N) is 1. The van der Waals surface area contributed by atoms with Crippen molar-refractivity contribution in [2.75, 3.05) is 25.0 Å². The van der Waals surface area contributed by atoms with Crippen LogP contribution in [0.5, 0.6) is 0 Å². The van der Waals surface area contributed by atoms with E-state index in [4.69, 9.17) is 23.2 Å². The number of fused-ring (bicyclic) bond motifs is 1. The molecule has 1 N–H and O–H groups in total. The van der Waals surface area contributed by atoms with Gasteiger partial charge in [-0.2, -0.15) is 0 Å². The second-order valence-corrected chi connectivity index (χ2v) is 5.84. The first kappa shape index (κ1) is 13.9. The Morgan fingerprint density at radius 2 is 2.00 bits per heavy atom.